The molecule has 0 unspecified atom stereocenters. The number of Topliss-reactive ketones (excluding diaryl/α,β-unsaturated/α-hetero) is 1. The highest BCUT2D eigenvalue weighted by atomic mass is 35.5. The zero-order valence-electron chi connectivity index (χ0n) is 16.0. The molecule has 2 aliphatic heterocycles. The summed E-state index contributed by atoms with van der Waals surface area (Å²) in [5, 5.41) is 2.01. The molecule has 3 heterocycles. The molecule has 5 rings (SSSR count). The molecule has 1 saturated heterocycles. The maximum Gasteiger partial charge on any atom is 0.166 e. The quantitative estimate of drug-likeness (QED) is 0.521. The summed E-state index contributed by atoms with van der Waals surface area (Å²) in [6.45, 7) is 3.76. The normalized spacial score (nSPS) is 17.6. The van der Waals surface area contributed by atoms with Gasteiger partial charge in [-0.25, -0.2) is 0 Å². The number of piperidine rings is 1. The number of hydrogen-bond donors (Lipinski definition) is 0. The zero-order chi connectivity index (χ0) is 19.8. The van der Waals surface area contributed by atoms with Gasteiger partial charge in [0.15, 0.2) is 17.3 Å². The zero-order valence-corrected chi connectivity index (χ0v) is 17.6. The number of carbonyl (C=O) groups is 1. The first-order valence-electron chi connectivity index (χ1n) is 10.0. The number of benzene rings is 2. The van der Waals surface area contributed by atoms with Crippen molar-refractivity contribution in [3.63, 3.8) is 0 Å². The molecule has 2 aromatic carbocycles. The van der Waals surface area contributed by atoms with E-state index >= 15 is 0 Å². The fourth-order valence-electron chi connectivity index (χ4n) is 4.16. The maximum atomic E-state index is 13.0. The summed E-state index contributed by atoms with van der Waals surface area (Å²) in [4.78, 5) is 16.6. The summed E-state index contributed by atoms with van der Waals surface area (Å²) in [5.41, 5.74) is 0.722. The second-order valence-corrected chi connectivity index (χ2v) is 9.12. The lowest BCUT2D eigenvalue weighted by Gasteiger charge is -2.31. The van der Waals surface area contributed by atoms with Crippen LogP contribution < -0.4 is 9.47 Å². The number of nitrogens with zero attached hydrogens (tertiary/aromatic N) is 1. The fraction of sp³-hybridized carbons (Fsp3) is 0.348. The summed E-state index contributed by atoms with van der Waals surface area (Å²) < 4.78 is 12.4. The number of likely N-dealkylation sites (tertiary alicyclic amines) is 1. The Morgan fingerprint density at radius 2 is 1.83 bits per heavy atom. The standard InChI is InChI=1S/C23H22ClNO3S/c24-22-17-3-1-2-4-20(17)29-21(22)14-25-9-7-15(8-10-25)23(26)16-5-6-18-19(13-16)28-12-11-27-18/h1-6,13,15H,7-12,14H2. The van der Waals surface area contributed by atoms with Crippen LogP contribution in [0, 0.1) is 5.92 Å². The van der Waals surface area contributed by atoms with Crippen LogP contribution in [0.4, 0.5) is 0 Å². The molecule has 3 aromatic rings. The van der Waals surface area contributed by atoms with E-state index in [0.29, 0.717) is 19.0 Å². The highest BCUT2D eigenvalue weighted by Crippen LogP contribution is 2.37. The van der Waals surface area contributed by atoms with Gasteiger partial charge in [0, 0.05) is 33.0 Å². The molecule has 0 amide bonds. The summed E-state index contributed by atoms with van der Waals surface area (Å²) in [5.74, 6) is 1.68. The van der Waals surface area contributed by atoms with E-state index in [1.807, 2.05) is 30.3 Å². The fourth-order valence-corrected chi connectivity index (χ4v) is 5.69. The molecule has 150 valence electrons. The van der Waals surface area contributed by atoms with E-state index in [1.54, 1.807) is 11.3 Å². The molecule has 0 radical (unpaired) electrons. The van der Waals surface area contributed by atoms with Gasteiger partial charge in [-0.2, -0.15) is 0 Å². The Balaban J connectivity index is 1.23. The number of fused-ring (bicyclic) bond motifs is 2. The van der Waals surface area contributed by atoms with E-state index in [1.165, 1.54) is 9.58 Å². The van der Waals surface area contributed by atoms with Crippen LogP contribution in [0.15, 0.2) is 42.5 Å². The first-order valence-corrected chi connectivity index (χ1v) is 11.2. The van der Waals surface area contributed by atoms with Gasteiger partial charge in [-0.3, -0.25) is 9.69 Å². The van der Waals surface area contributed by atoms with Gasteiger partial charge in [-0.05, 0) is 50.2 Å². The van der Waals surface area contributed by atoms with Gasteiger partial charge in [-0.1, -0.05) is 29.8 Å². The molecule has 29 heavy (non-hydrogen) atoms. The summed E-state index contributed by atoms with van der Waals surface area (Å²) in [6, 6.07) is 13.8. The molecule has 0 N–H and O–H groups in total. The van der Waals surface area contributed by atoms with Crippen molar-refractivity contribution in [1.29, 1.82) is 0 Å². The van der Waals surface area contributed by atoms with Crippen molar-refractivity contribution in [3.05, 3.63) is 57.9 Å². The second-order valence-electron chi connectivity index (χ2n) is 7.61. The summed E-state index contributed by atoms with van der Waals surface area (Å²) in [6.07, 6.45) is 1.74. The summed E-state index contributed by atoms with van der Waals surface area (Å²) in [7, 11) is 0. The van der Waals surface area contributed by atoms with Crippen LogP contribution in [-0.4, -0.2) is 37.0 Å². The third kappa shape index (κ3) is 3.75. The SMILES string of the molecule is O=C(c1ccc2c(c1)OCCO2)C1CCN(Cc2sc3ccccc3c2Cl)CC1. The molecule has 1 aromatic heterocycles. The van der Waals surface area contributed by atoms with E-state index in [2.05, 4.69) is 17.0 Å². The van der Waals surface area contributed by atoms with Crippen LogP contribution in [0.2, 0.25) is 5.02 Å². The van der Waals surface area contributed by atoms with E-state index in [-0.39, 0.29) is 11.7 Å². The third-order valence-electron chi connectivity index (χ3n) is 5.75. The monoisotopic (exact) mass is 427 g/mol. The van der Waals surface area contributed by atoms with Gasteiger partial charge in [0.25, 0.3) is 0 Å². The Kier molecular flexibility index (Phi) is 5.20. The number of hydrogen-bond acceptors (Lipinski definition) is 5. The van der Waals surface area contributed by atoms with E-state index in [4.69, 9.17) is 21.1 Å². The average molecular weight is 428 g/mol. The van der Waals surface area contributed by atoms with Crippen LogP contribution in [0.1, 0.15) is 28.1 Å². The number of thiophene rings is 1. The highest BCUT2D eigenvalue weighted by molar-refractivity contribution is 7.19. The van der Waals surface area contributed by atoms with Gasteiger partial charge in [0.05, 0.1) is 5.02 Å². The molecular weight excluding hydrogens is 406 g/mol. The van der Waals surface area contributed by atoms with Crippen molar-refractivity contribution in [2.24, 2.45) is 5.92 Å². The highest BCUT2D eigenvalue weighted by Gasteiger charge is 2.27. The second kappa shape index (κ2) is 7.98. The lowest BCUT2D eigenvalue weighted by atomic mass is 9.88. The lowest BCUT2D eigenvalue weighted by Crippen LogP contribution is -2.35. The minimum absolute atomic E-state index is 0.0617. The van der Waals surface area contributed by atoms with Crippen molar-refractivity contribution in [2.75, 3.05) is 26.3 Å². The van der Waals surface area contributed by atoms with Crippen LogP contribution in [0.3, 0.4) is 0 Å². The van der Waals surface area contributed by atoms with E-state index < -0.39 is 0 Å². The third-order valence-corrected chi connectivity index (χ3v) is 7.45. The summed E-state index contributed by atoms with van der Waals surface area (Å²) >= 11 is 8.37. The average Bonchev–Trinajstić information content (AvgIpc) is 3.09. The Morgan fingerprint density at radius 1 is 1.07 bits per heavy atom. The van der Waals surface area contributed by atoms with Crippen molar-refractivity contribution in [3.8, 4) is 11.5 Å². The first kappa shape index (κ1) is 18.9. The Bertz CT molecular complexity index is 1060. The minimum Gasteiger partial charge on any atom is -0.486 e. The predicted octanol–water partition coefficient (Wildman–Crippen LogP) is 5.42. The molecule has 4 nitrogen and oxygen atoms in total. The van der Waals surface area contributed by atoms with Gasteiger partial charge in [-0.15, -0.1) is 11.3 Å². The smallest absolute Gasteiger partial charge is 0.166 e. The maximum absolute atomic E-state index is 13.0. The van der Waals surface area contributed by atoms with Crippen LogP contribution in [0.25, 0.3) is 10.1 Å². The van der Waals surface area contributed by atoms with Crippen LogP contribution in [0.5, 0.6) is 11.5 Å². The molecule has 0 spiro atoms. The Morgan fingerprint density at radius 3 is 2.62 bits per heavy atom. The van der Waals surface area contributed by atoms with Gasteiger partial charge >= 0.3 is 0 Å². The number of ether oxygens (including phenoxy) is 2. The molecule has 1 fully saturated rings. The number of halogens is 1. The Hall–Kier alpha value is -2.08. The molecule has 6 heteroatoms. The topological polar surface area (TPSA) is 38.8 Å². The van der Waals surface area contributed by atoms with E-state index in [9.17, 15) is 4.79 Å². The van der Waals surface area contributed by atoms with Crippen molar-refractivity contribution in [2.45, 2.75) is 19.4 Å². The van der Waals surface area contributed by atoms with Crippen molar-refractivity contribution in [1.82, 2.24) is 4.90 Å². The van der Waals surface area contributed by atoms with Gasteiger partial charge in [0.1, 0.15) is 13.2 Å². The van der Waals surface area contributed by atoms with Crippen LogP contribution in [-0.2, 0) is 6.54 Å². The van der Waals surface area contributed by atoms with E-state index in [0.717, 1.165) is 54.2 Å². The number of ketones is 1. The predicted molar refractivity (Wildman–Crippen MR) is 117 cm³/mol. The molecule has 2 aliphatic rings. The van der Waals surface area contributed by atoms with Gasteiger partial charge in [0.2, 0.25) is 0 Å². The first-order chi connectivity index (χ1) is 14.2. The van der Waals surface area contributed by atoms with Crippen LogP contribution >= 0.6 is 22.9 Å². The lowest BCUT2D eigenvalue weighted by molar-refractivity contribution is 0.0834. The largest absolute Gasteiger partial charge is 0.486 e. The van der Waals surface area contributed by atoms with Gasteiger partial charge < -0.3 is 9.47 Å². The minimum atomic E-state index is 0.0617. The van der Waals surface area contributed by atoms with Crippen molar-refractivity contribution >= 4 is 38.8 Å². The molecule has 0 bridgehead atoms. The molecular formula is C23H22ClNO3S. The number of rotatable bonds is 4. The Labute approximate surface area is 179 Å². The molecule has 0 aliphatic carbocycles. The number of carbonyl (C=O) groups excluding carboxylic acids is 1. The molecule has 0 saturated carbocycles. The van der Waals surface area contributed by atoms with Crippen molar-refractivity contribution < 1.29 is 14.3 Å². The molecule has 0 atom stereocenters.